The summed E-state index contributed by atoms with van der Waals surface area (Å²) in [5.41, 5.74) is 7.63. The van der Waals surface area contributed by atoms with Crippen LogP contribution in [0.15, 0.2) is 30.8 Å². The van der Waals surface area contributed by atoms with E-state index in [4.69, 9.17) is 11.1 Å². The highest BCUT2D eigenvalue weighted by atomic mass is 35.5. The lowest BCUT2D eigenvalue weighted by Gasteiger charge is -1.98. The number of halogens is 1. The van der Waals surface area contributed by atoms with Crippen molar-refractivity contribution < 1.29 is 0 Å². The fourth-order valence-electron chi connectivity index (χ4n) is 1.44. The van der Waals surface area contributed by atoms with Crippen LogP contribution in [-0.4, -0.2) is 5.84 Å². The SMILES string of the molecule is C=C(C)c1ccc2sc(C(=N)N)cc2c1.Cl. The number of allylic oxidation sites excluding steroid dienone is 1. The largest absolute Gasteiger partial charge is 0.383 e. The zero-order valence-electron chi connectivity index (χ0n) is 8.91. The molecule has 1 aromatic carbocycles. The van der Waals surface area contributed by atoms with E-state index in [1.165, 1.54) is 0 Å². The van der Waals surface area contributed by atoms with Gasteiger partial charge in [0.25, 0.3) is 0 Å². The molecule has 16 heavy (non-hydrogen) atoms. The maximum Gasteiger partial charge on any atom is 0.133 e. The van der Waals surface area contributed by atoms with Crippen molar-refractivity contribution in [2.24, 2.45) is 5.73 Å². The van der Waals surface area contributed by atoms with E-state index < -0.39 is 0 Å². The normalized spacial score (nSPS) is 9.81. The van der Waals surface area contributed by atoms with Crippen LogP contribution in [0, 0.1) is 5.41 Å². The first-order valence-corrected chi connectivity index (χ1v) is 5.43. The number of hydrogen-bond donors (Lipinski definition) is 2. The van der Waals surface area contributed by atoms with Crippen LogP contribution in [0.3, 0.4) is 0 Å². The van der Waals surface area contributed by atoms with Gasteiger partial charge in [-0.1, -0.05) is 18.2 Å². The van der Waals surface area contributed by atoms with E-state index in [2.05, 4.69) is 18.7 Å². The number of fused-ring (bicyclic) bond motifs is 1. The Morgan fingerprint density at radius 2 is 2.06 bits per heavy atom. The molecule has 0 atom stereocenters. The molecule has 0 aliphatic rings. The highest BCUT2D eigenvalue weighted by Crippen LogP contribution is 2.27. The summed E-state index contributed by atoms with van der Waals surface area (Å²) in [5.74, 6) is 0.132. The van der Waals surface area contributed by atoms with Crippen LogP contribution in [0.25, 0.3) is 15.7 Å². The molecule has 2 aromatic rings. The number of thiophene rings is 1. The summed E-state index contributed by atoms with van der Waals surface area (Å²) >= 11 is 1.55. The van der Waals surface area contributed by atoms with Crippen LogP contribution in [0.1, 0.15) is 17.4 Å². The summed E-state index contributed by atoms with van der Waals surface area (Å²) in [6, 6.07) is 8.14. The first kappa shape index (κ1) is 12.7. The van der Waals surface area contributed by atoms with E-state index in [0.717, 1.165) is 26.1 Å². The zero-order valence-corrected chi connectivity index (χ0v) is 10.5. The summed E-state index contributed by atoms with van der Waals surface area (Å²) in [7, 11) is 0. The molecule has 2 rings (SSSR count). The predicted molar refractivity (Wildman–Crippen MR) is 74.8 cm³/mol. The van der Waals surface area contributed by atoms with Crippen LogP contribution in [0.4, 0.5) is 0 Å². The maximum absolute atomic E-state index is 7.38. The second-order valence-corrected chi connectivity index (χ2v) is 4.64. The maximum atomic E-state index is 7.38. The van der Waals surface area contributed by atoms with Crippen LogP contribution in [-0.2, 0) is 0 Å². The minimum absolute atomic E-state index is 0. The summed E-state index contributed by atoms with van der Waals surface area (Å²) < 4.78 is 1.16. The molecular formula is C12H13ClN2S. The standard InChI is InChI=1S/C12H12N2S.ClH/c1-7(2)8-3-4-10-9(5-8)6-11(15-10)12(13)14;/h3-6H,1H2,2H3,(H3,13,14);1H. The van der Waals surface area contributed by atoms with Gasteiger partial charge in [-0.05, 0) is 36.1 Å². The molecule has 4 heteroatoms. The van der Waals surface area contributed by atoms with Crippen molar-refractivity contribution in [1.29, 1.82) is 5.41 Å². The zero-order chi connectivity index (χ0) is 11.0. The highest BCUT2D eigenvalue weighted by Gasteiger charge is 2.04. The lowest BCUT2D eigenvalue weighted by atomic mass is 10.1. The van der Waals surface area contributed by atoms with E-state index in [0.29, 0.717) is 0 Å². The second kappa shape index (κ2) is 4.68. The third kappa shape index (κ3) is 2.26. The second-order valence-electron chi connectivity index (χ2n) is 3.56. The van der Waals surface area contributed by atoms with Crippen molar-refractivity contribution in [2.75, 3.05) is 0 Å². The van der Waals surface area contributed by atoms with Gasteiger partial charge in [0.05, 0.1) is 4.88 Å². The minimum Gasteiger partial charge on any atom is -0.383 e. The number of rotatable bonds is 2. The van der Waals surface area contributed by atoms with Crippen LogP contribution >= 0.6 is 23.7 Å². The van der Waals surface area contributed by atoms with Crippen molar-refractivity contribution in [3.63, 3.8) is 0 Å². The first-order chi connectivity index (χ1) is 7.08. The Labute approximate surface area is 105 Å². The number of hydrogen-bond acceptors (Lipinski definition) is 2. The van der Waals surface area contributed by atoms with Crippen molar-refractivity contribution in [3.05, 3.63) is 41.3 Å². The van der Waals surface area contributed by atoms with Crippen molar-refractivity contribution in [2.45, 2.75) is 6.92 Å². The smallest absolute Gasteiger partial charge is 0.133 e. The van der Waals surface area contributed by atoms with Gasteiger partial charge in [0.2, 0.25) is 0 Å². The number of nitrogen functional groups attached to an aromatic ring is 1. The third-order valence-corrected chi connectivity index (χ3v) is 3.42. The van der Waals surface area contributed by atoms with E-state index in [9.17, 15) is 0 Å². The molecule has 0 saturated carbocycles. The number of nitrogens with two attached hydrogens (primary N) is 1. The average molecular weight is 253 g/mol. The fourth-order valence-corrected chi connectivity index (χ4v) is 2.35. The van der Waals surface area contributed by atoms with E-state index in [1.54, 1.807) is 11.3 Å². The van der Waals surface area contributed by atoms with Gasteiger partial charge in [0.1, 0.15) is 5.84 Å². The monoisotopic (exact) mass is 252 g/mol. The fraction of sp³-hybridized carbons (Fsp3) is 0.0833. The van der Waals surface area contributed by atoms with E-state index >= 15 is 0 Å². The van der Waals surface area contributed by atoms with Gasteiger partial charge in [0, 0.05) is 4.70 Å². The lowest BCUT2D eigenvalue weighted by molar-refractivity contribution is 1.46. The molecule has 1 aromatic heterocycles. The van der Waals surface area contributed by atoms with Gasteiger partial charge in [0.15, 0.2) is 0 Å². The Morgan fingerprint density at radius 1 is 1.38 bits per heavy atom. The molecule has 0 aliphatic carbocycles. The summed E-state index contributed by atoms with van der Waals surface area (Å²) in [5, 5.41) is 8.51. The van der Waals surface area contributed by atoms with Crippen LogP contribution < -0.4 is 5.73 Å². The molecule has 0 amide bonds. The molecule has 1 heterocycles. The van der Waals surface area contributed by atoms with Gasteiger partial charge in [-0.3, -0.25) is 5.41 Å². The van der Waals surface area contributed by atoms with Gasteiger partial charge < -0.3 is 5.73 Å². The number of amidine groups is 1. The average Bonchev–Trinajstić information content (AvgIpc) is 2.59. The molecule has 0 unspecified atom stereocenters. The Kier molecular flexibility index (Phi) is 3.73. The van der Waals surface area contributed by atoms with Crippen molar-refractivity contribution >= 4 is 45.2 Å². The Morgan fingerprint density at radius 3 is 2.62 bits per heavy atom. The number of nitrogens with one attached hydrogen (secondary N) is 1. The first-order valence-electron chi connectivity index (χ1n) is 4.62. The summed E-state index contributed by atoms with van der Waals surface area (Å²) in [6.07, 6.45) is 0. The molecule has 3 N–H and O–H groups in total. The molecule has 0 saturated heterocycles. The molecule has 0 bridgehead atoms. The van der Waals surface area contributed by atoms with E-state index in [-0.39, 0.29) is 18.2 Å². The predicted octanol–water partition coefficient (Wildman–Crippen LogP) is 3.64. The van der Waals surface area contributed by atoms with Crippen LogP contribution in [0.5, 0.6) is 0 Å². The molecule has 0 aliphatic heterocycles. The molecule has 0 radical (unpaired) electrons. The minimum atomic E-state index is 0. The molecular weight excluding hydrogens is 240 g/mol. The van der Waals surface area contributed by atoms with Gasteiger partial charge in [-0.25, -0.2) is 0 Å². The Bertz CT molecular complexity index is 545. The van der Waals surface area contributed by atoms with Gasteiger partial charge >= 0.3 is 0 Å². The highest BCUT2D eigenvalue weighted by molar-refractivity contribution is 7.20. The van der Waals surface area contributed by atoms with Gasteiger partial charge in [-0.2, -0.15) is 0 Å². The lowest BCUT2D eigenvalue weighted by Crippen LogP contribution is -2.08. The number of benzene rings is 1. The van der Waals surface area contributed by atoms with E-state index in [1.807, 2.05) is 19.1 Å². The van der Waals surface area contributed by atoms with Crippen molar-refractivity contribution in [1.82, 2.24) is 0 Å². The molecule has 2 nitrogen and oxygen atoms in total. The Balaban J connectivity index is 0.00000128. The Hall–Kier alpha value is -1.32. The van der Waals surface area contributed by atoms with Crippen LogP contribution in [0.2, 0.25) is 0 Å². The molecule has 0 spiro atoms. The third-order valence-electron chi connectivity index (χ3n) is 2.27. The summed E-state index contributed by atoms with van der Waals surface area (Å²) in [6.45, 7) is 5.90. The molecule has 0 fully saturated rings. The van der Waals surface area contributed by atoms with Crippen molar-refractivity contribution in [3.8, 4) is 0 Å². The molecule has 84 valence electrons. The topological polar surface area (TPSA) is 49.9 Å². The summed E-state index contributed by atoms with van der Waals surface area (Å²) in [4.78, 5) is 0.823. The van der Waals surface area contributed by atoms with Gasteiger partial charge in [-0.15, -0.1) is 23.7 Å². The quantitative estimate of drug-likeness (QED) is 0.622.